The van der Waals surface area contributed by atoms with Crippen LogP contribution in [0.15, 0.2) is 48.8 Å². The number of nitrogens with zero attached hydrogens (tertiary/aromatic N) is 3. The lowest BCUT2D eigenvalue weighted by Crippen LogP contribution is -2.33. The summed E-state index contributed by atoms with van der Waals surface area (Å²) in [5.74, 6) is 0.457. The molecule has 2 unspecified atom stereocenters. The fourth-order valence-corrected chi connectivity index (χ4v) is 6.81. The summed E-state index contributed by atoms with van der Waals surface area (Å²) in [5.41, 5.74) is 2.00. The molecular formula is C35H47ClN6O4. The van der Waals surface area contributed by atoms with Gasteiger partial charge in [0.2, 0.25) is 0 Å². The Bertz CT molecular complexity index is 1680. The summed E-state index contributed by atoms with van der Waals surface area (Å²) in [6, 6.07) is 11.2. The molecule has 2 atom stereocenters. The number of ketones is 2. The number of carbonyl (C=O) groups is 3. The van der Waals surface area contributed by atoms with Gasteiger partial charge in [0, 0.05) is 45.8 Å². The summed E-state index contributed by atoms with van der Waals surface area (Å²) < 4.78 is 6.63. The molecule has 0 amide bonds. The third-order valence-electron chi connectivity index (χ3n) is 9.01. The van der Waals surface area contributed by atoms with E-state index in [-0.39, 0.29) is 34.8 Å². The number of carbonyl (C=O) groups excluding carboxylic acids is 3. The van der Waals surface area contributed by atoms with E-state index >= 15 is 0 Å². The van der Waals surface area contributed by atoms with Crippen molar-refractivity contribution in [2.75, 3.05) is 26.2 Å². The molecular weight excluding hydrogens is 604 g/mol. The van der Waals surface area contributed by atoms with Crippen LogP contribution < -0.4 is 10.6 Å². The second kappa shape index (κ2) is 14.4. The second-order valence-corrected chi connectivity index (χ2v) is 13.6. The Morgan fingerprint density at radius 3 is 1.93 bits per heavy atom. The van der Waals surface area contributed by atoms with Gasteiger partial charge < -0.3 is 15.4 Å². The molecule has 0 aliphatic carbocycles. The van der Waals surface area contributed by atoms with E-state index in [2.05, 4.69) is 39.8 Å². The van der Waals surface area contributed by atoms with Crippen molar-refractivity contribution in [3.05, 3.63) is 59.9 Å². The molecule has 4 heterocycles. The lowest BCUT2D eigenvalue weighted by molar-refractivity contribution is 0.0522. The number of nitrogens with one attached hydrogen (secondary N) is 3. The highest BCUT2D eigenvalue weighted by Gasteiger charge is 2.41. The smallest absolute Gasteiger partial charge is 0.435 e. The number of fused-ring (bicyclic) bond motifs is 2. The number of aromatic amines is 1. The van der Waals surface area contributed by atoms with Gasteiger partial charge in [0.25, 0.3) is 0 Å². The summed E-state index contributed by atoms with van der Waals surface area (Å²) >= 11 is 0. The summed E-state index contributed by atoms with van der Waals surface area (Å²) in [4.78, 5) is 38.3. The highest BCUT2D eigenvalue weighted by atomic mass is 35.5. The fraction of sp³-hybridized carbons (Fsp3) is 0.514. The summed E-state index contributed by atoms with van der Waals surface area (Å²) in [6.07, 6.45) is 8.54. The van der Waals surface area contributed by atoms with Gasteiger partial charge in [-0.25, -0.2) is 4.79 Å². The van der Waals surface area contributed by atoms with E-state index in [1.165, 1.54) is 4.68 Å². The molecule has 2 aromatic heterocycles. The molecule has 2 aliphatic rings. The van der Waals surface area contributed by atoms with Gasteiger partial charge in [0.1, 0.15) is 5.60 Å². The molecule has 2 aromatic carbocycles. The fourth-order valence-electron chi connectivity index (χ4n) is 6.81. The highest BCUT2D eigenvalue weighted by molar-refractivity contribution is 6.04. The first-order valence-electron chi connectivity index (χ1n) is 16.2. The summed E-state index contributed by atoms with van der Waals surface area (Å²) in [5, 5.41) is 19.5. The van der Waals surface area contributed by atoms with Crippen molar-refractivity contribution in [1.29, 1.82) is 0 Å². The number of benzene rings is 2. The average molecular weight is 651 g/mol. The molecule has 4 aromatic rings. The molecule has 2 fully saturated rings. The predicted molar refractivity (Wildman–Crippen MR) is 183 cm³/mol. The second-order valence-electron chi connectivity index (χ2n) is 13.6. The Kier molecular flexibility index (Phi) is 11.1. The minimum atomic E-state index is -0.590. The first kappa shape index (κ1) is 35.3. The van der Waals surface area contributed by atoms with E-state index < -0.39 is 11.7 Å². The Hall–Kier alpha value is -3.60. The molecule has 2 aliphatic heterocycles. The van der Waals surface area contributed by atoms with Crippen molar-refractivity contribution < 1.29 is 19.1 Å². The van der Waals surface area contributed by atoms with Crippen molar-refractivity contribution in [2.24, 2.45) is 10.8 Å². The third-order valence-corrected chi connectivity index (χ3v) is 9.01. The standard InChI is InChI=1S/C20H27N3O3.C15H19N3O.ClH/c1-5-8-20(9-10-21-13-20)17(24)14-6-7-16-15(11-14)12-22-23(16)18(25)26-19(2,3)4;1-2-5-15(6-7-16-10-15)14(19)11-3-4-13-12(8-11)9-17-18-13;/h6-7,11-12,21H,5,8-10,13H2,1-4H3;3-4,8-9,16H,2,5-7,10H2,1H3,(H,17,18);1H. The maximum absolute atomic E-state index is 13.2. The number of aromatic nitrogens is 4. The molecule has 2 saturated heterocycles. The number of Topliss-reactive ketones (excluding diaryl/α,β-unsaturated/α-hetero) is 2. The first-order valence-corrected chi connectivity index (χ1v) is 16.2. The molecule has 0 spiro atoms. The van der Waals surface area contributed by atoms with Crippen LogP contribution in [0.5, 0.6) is 0 Å². The number of ether oxygens (including phenoxy) is 1. The van der Waals surface area contributed by atoms with E-state index in [9.17, 15) is 14.4 Å². The Morgan fingerprint density at radius 1 is 0.848 bits per heavy atom. The van der Waals surface area contributed by atoms with Gasteiger partial charge in [-0.3, -0.25) is 14.7 Å². The van der Waals surface area contributed by atoms with Crippen LogP contribution >= 0.6 is 12.4 Å². The van der Waals surface area contributed by atoms with E-state index in [0.717, 1.165) is 86.6 Å². The SMILES string of the molecule is CCCC1(C(=O)c2ccc3[nH]ncc3c2)CCNC1.CCCC1(C(=O)c2ccc3c(cnn3C(=O)OC(C)(C)C)c2)CCNC1.Cl. The lowest BCUT2D eigenvalue weighted by atomic mass is 9.76. The van der Waals surface area contributed by atoms with E-state index in [0.29, 0.717) is 11.1 Å². The molecule has 6 rings (SSSR count). The minimum Gasteiger partial charge on any atom is -0.442 e. The Balaban J connectivity index is 0.000000213. The van der Waals surface area contributed by atoms with Crippen LogP contribution in [0.2, 0.25) is 0 Å². The zero-order valence-corrected chi connectivity index (χ0v) is 28.4. The molecule has 0 radical (unpaired) electrons. The first-order chi connectivity index (χ1) is 21.5. The number of hydrogen-bond acceptors (Lipinski definition) is 8. The molecule has 10 nitrogen and oxygen atoms in total. The topological polar surface area (TPSA) is 131 Å². The normalized spacial score (nSPS) is 21.1. The van der Waals surface area contributed by atoms with Crippen LogP contribution in [0.3, 0.4) is 0 Å². The van der Waals surface area contributed by atoms with E-state index in [1.54, 1.807) is 24.5 Å². The van der Waals surface area contributed by atoms with Crippen LogP contribution in [0.1, 0.15) is 93.9 Å². The maximum atomic E-state index is 13.2. The van der Waals surface area contributed by atoms with Gasteiger partial charge in [-0.1, -0.05) is 26.7 Å². The van der Waals surface area contributed by atoms with E-state index in [4.69, 9.17) is 4.74 Å². The molecule has 248 valence electrons. The van der Waals surface area contributed by atoms with Gasteiger partial charge in [-0.05, 0) is 95.9 Å². The van der Waals surface area contributed by atoms with Gasteiger partial charge in [0.05, 0.1) is 23.4 Å². The number of halogens is 1. The van der Waals surface area contributed by atoms with Crippen LogP contribution in [-0.2, 0) is 4.74 Å². The van der Waals surface area contributed by atoms with Crippen LogP contribution in [-0.4, -0.2) is 69.4 Å². The van der Waals surface area contributed by atoms with Gasteiger partial charge in [-0.2, -0.15) is 14.9 Å². The van der Waals surface area contributed by atoms with Crippen molar-refractivity contribution in [2.45, 2.75) is 78.7 Å². The number of hydrogen-bond donors (Lipinski definition) is 3. The molecule has 0 saturated carbocycles. The van der Waals surface area contributed by atoms with Crippen LogP contribution in [0.4, 0.5) is 4.79 Å². The van der Waals surface area contributed by atoms with Crippen molar-refractivity contribution in [3.8, 4) is 0 Å². The zero-order chi connectivity index (χ0) is 32.2. The monoisotopic (exact) mass is 650 g/mol. The van der Waals surface area contributed by atoms with Crippen LogP contribution in [0.25, 0.3) is 21.8 Å². The molecule has 46 heavy (non-hydrogen) atoms. The number of rotatable bonds is 8. The Labute approximate surface area is 276 Å². The average Bonchev–Trinajstić information content (AvgIpc) is 3.82. The van der Waals surface area contributed by atoms with Crippen molar-refractivity contribution >= 4 is 51.9 Å². The lowest BCUT2D eigenvalue weighted by Gasteiger charge is -2.26. The van der Waals surface area contributed by atoms with Crippen molar-refractivity contribution in [1.82, 2.24) is 30.6 Å². The van der Waals surface area contributed by atoms with Crippen LogP contribution in [0, 0.1) is 10.8 Å². The largest absolute Gasteiger partial charge is 0.442 e. The molecule has 11 heteroatoms. The van der Waals surface area contributed by atoms with Gasteiger partial charge in [0.15, 0.2) is 11.6 Å². The molecule has 0 bridgehead atoms. The Morgan fingerprint density at radius 2 is 1.41 bits per heavy atom. The summed E-state index contributed by atoms with van der Waals surface area (Å²) in [6.45, 7) is 13.1. The molecule has 3 N–H and O–H groups in total. The van der Waals surface area contributed by atoms with Gasteiger partial charge >= 0.3 is 6.09 Å². The minimum absolute atomic E-state index is 0. The maximum Gasteiger partial charge on any atom is 0.435 e. The predicted octanol–water partition coefficient (Wildman–Crippen LogP) is 6.73. The van der Waals surface area contributed by atoms with E-state index in [1.807, 2.05) is 45.0 Å². The number of H-pyrrole nitrogens is 1. The zero-order valence-electron chi connectivity index (χ0n) is 27.6. The highest BCUT2D eigenvalue weighted by Crippen LogP contribution is 2.36. The third kappa shape index (κ3) is 7.35. The quantitative estimate of drug-likeness (QED) is 0.179. The summed E-state index contributed by atoms with van der Waals surface area (Å²) in [7, 11) is 0. The van der Waals surface area contributed by atoms with Gasteiger partial charge in [-0.15, -0.1) is 12.4 Å². The van der Waals surface area contributed by atoms with Crippen molar-refractivity contribution in [3.63, 3.8) is 0 Å².